The maximum Gasteiger partial charge on any atom is 0.0551 e. The summed E-state index contributed by atoms with van der Waals surface area (Å²) in [5.74, 6) is 0.499. The summed E-state index contributed by atoms with van der Waals surface area (Å²) in [7, 11) is -0.782. The summed E-state index contributed by atoms with van der Waals surface area (Å²) < 4.78 is 12.7. The summed E-state index contributed by atoms with van der Waals surface area (Å²) in [6.07, 6.45) is 2.12. The third kappa shape index (κ3) is 3.15. The fourth-order valence-corrected chi connectivity index (χ4v) is 4.86. The molecule has 3 heteroatoms. The normalized spacial score (nSPS) is 27.4. The Labute approximate surface area is 125 Å². The second-order valence-electron chi connectivity index (χ2n) is 6.11. The standard InChI is InChI=1S/C17H27NOS/c1-5-10-18-17-15-9-7-6-8-14(15)13(4)11-16(17)20(19)12(2)3/h6-9,12-13,16-18H,5,10-11H2,1-4H3. The maximum absolute atomic E-state index is 12.7. The maximum atomic E-state index is 12.7. The first-order valence-electron chi connectivity index (χ1n) is 7.77. The molecule has 0 fully saturated rings. The van der Waals surface area contributed by atoms with Crippen molar-refractivity contribution in [1.82, 2.24) is 5.32 Å². The van der Waals surface area contributed by atoms with E-state index in [9.17, 15) is 4.21 Å². The van der Waals surface area contributed by atoms with E-state index in [0.717, 1.165) is 19.4 Å². The smallest absolute Gasteiger partial charge is 0.0551 e. The first-order valence-corrected chi connectivity index (χ1v) is 9.05. The highest BCUT2D eigenvalue weighted by molar-refractivity contribution is 7.86. The van der Waals surface area contributed by atoms with Gasteiger partial charge in [0.25, 0.3) is 0 Å². The molecule has 4 unspecified atom stereocenters. The van der Waals surface area contributed by atoms with Crippen LogP contribution in [0.1, 0.15) is 63.6 Å². The zero-order valence-corrected chi connectivity index (χ0v) is 13.9. The molecule has 2 rings (SSSR count). The van der Waals surface area contributed by atoms with Crippen LogP contribution in [0, 0.1) is 0 Å². The first kappa shape index (κ1) is 15.7. The van der Waals surface area contributed by atoms with Gasteiger partial charge in [0, 0.05) is 22.1 Å². The lowest BCUT2D eigenvalue weighted by atomic mass is 9.80. The third-order valence-corrected chi connectivity index (χ3v) is 6.19. The highest BCUT2D eigenvalue weighted by atomic mass is 32.2. The van der Waals surface area contributed by atoms with Crippen LogP contribution in [0.25, 0.3) is 0 Å². The Balaban J connectivity index is 2.36. The fraction of sp³-hybridized carbons (Fsp3) is 0.647. The zero-order valence-electron chi connectivity index (χ0n) is 13.1. The van der Waals surface area contributed by atoms with E-state index in [-0.39, 0.29) is 16.5 Å². The Morgan fingerprint density at radius 2 is 1.95 bits per heavy atom. The molecule has 2 nitrogen and oxygen atoms in total. The van der Waals surface area contributed by atoms with Crippen molar-refractivity contribution in [2.75, 3.05) is 6.54 Å². The van der Waals surface area contributed by atoms with Gasteiger partial charge in [0.2, 0.25) is 0 Å². The molecule has 0 saturated heterocycles. The van der Waals surface area contributed by atoms with Crippen molar-refractivity contribution < 1.29 is 4.21 Å². The Morgan fingerprint density at radius 1 is 1.30 bits per heavy atom. The molecule has 0 aromatic heterocycles. The number of rotatable bonds is 5. The average Bonchev–Trinajstić information content (AvgIpc) is 2.45. The summed E-state index contributed by atoms with van der Waals surface area (Å²) >= 11 is 0. The molecule has 112 valence electrons. The van der Waals surface area contributed by atoms with Gasteiger partial charge < -0.3 is 5.32 Å². The largest absolute Gasteiger partial charge is 0.309 e. The molecule has 0 aliphatic heterocycles. The minimum absolute atomic E-state index is 0.225. The lowest BCUT2D eigenvalue weighted by Gasteiger charge is -2.37. The second kappa shape index (κ2) is 6.86. The van der Waals surface area contributed by atoms with Crippen LogP contribution in [0.4, 0.5) is 0 Å². The molecule has 1 aromatic carbocycles. The van der Waals surface area contributed by atoms with Gasteiger partial charge in [-0.2, -0.15) is 0 Å². The van der Waals surface area contributed by atoms with E-state index in [1.165, 1.54) is 11.1 Å². The molecular formula is C17H27NOS. The lowest BCUT2D eigenvalue weighted by Crippen LogP contribution is -2.41. The number of hydrogen-bond acceptors (Lipinski definition) is 2. The Hall–Kier alpha value is -0.670. The molecule has 1 aliphatic carbocycles. The minimum Gasteiger partial charge on any atom is -0.309 e. The van der Waals surface area contributed by atoms with E-state index < -0.39 is 10.8 Å². The predicted molar refractivity (Wildman–Crippen MR) is 87.6 cm³/mol. The van der Waals surface area contributed by atoms with Crippen LogP contribution >= 0.6 is 0 Å². The van der Waals surface area contributed by atoms with Crippen molar-refractivity contribution in [3.63, 3.8) is 0 Å². The van der Waals surface area contributed by atoms with Gasteiger partial charge in [0.1, 0.15) is 0 Å². The summed E-state index contributed by atoms with van der Waals surface area (Å²) in [6.45, 7) is 9.56. The van der Waals surface area contributed by atoms with Gasteiger partial charge in [-0.15, -0.1) is 0 Å². The summed E-state index contributed by atoms with van der Waals surface area (Å²) in [5, 5.41) is 4.09. The van der Waals surface area contributed by atoms with Gasteiger partial charge in [0.15, 0.2) is 0 Å². The third-order valence-electron chi connectivity index (χ3n) is 4.20. The van der Waals surface area contributed by atoms with Crippen molar-refractivity contribution in [3.8, 4) is 0 Å². The average molecular weight is 293 g/mol. The van der Waals surface area contributed by atoms with E-state index in [1.807, 2.05) is 0 Å². The quantitative estimate of drug-likeness (QED) is 0.895. The van der Waals surface area contributed by atoms with Crippen molar-refractivity contribution >= 4 is 10.8 Å². The SMILES string of the molecule is CCCNC1c2ccccc2C(C)CC1S(=O)C(C)C. The molecule has 0 spiro atoms. The molecule has 1 N–H and O–H groups in total. The van der Waals surface area contributed by atoms with Crippen LogP contribution in [0.5, 0.6) is 0 Å². The van der Waals surface area contributed by atoms with Crippen molar-refractivity contribution in [2.24, 2.45) is 0 Å². The van der Waals surface area contributed by atoms with E-state index in [1.54, 1.807) is 0 Å². The van der Waals surface area contributed by atoms with Gasteiger partial charge >= 0.3 is 0 Å². The molecule has 1 aromatic rings. The van der Waals surface area contributed by atoms with Crippen molar-refractivity contribution in [2.45, 2.75) is 63.0 Å². The van der Waals surface area contributed by atoms with Crippen LogP contribution < -0.4 is 5.32 Å². The molecule has 1 aliphatic rings. The van der Waals surface area contributed by atoms with Gasteiger partial charge in [-0.25, -0.2) is 0 Å². The zero-order chi connectivity index (χ0) is 14.7. The first-order chi connectivity index (χ1) is 9.56. The van der Waals surface area contributed by atoms with Crippen LogP contribution in [-0.4, -0.2) is 21.3 Å². The Kier molecular flexibility index (Phi) is 5.39. The molecule has 20 heavy (non-hydrogen) atoms. The Bertz CT molecular complexity index is 472. The van der Waals surface area contributed by atoms with Gasteiger partial charge in [-0.1, -0.05) is 52.0 Å². The van der Waals surface area contributed by atoms with E-state index in [2.05, 4.69) is 57.3 Å². The van der Waals surface area contributed by atoms with Crippen molar-refractivity contribution in [3.05, 3.63) is 35.4 Å². The van der Waals surface area contributed by atoms with Crippen LogP contribution in [0.2, 0.25) is 0 Å². The van der Waals surface area contributed by atoms with Gasteiger partial charge in [-0.3, -0.25) is 4.21 Å². The summed E-state index contributed by atoms with van der Waals surface area (Å²) in [4.78, 5) is 0. The van der Waals surface area contributed by atoms with E-state index >= 15 is 0 Å². The van der Waals surface area contributed by atoms with Gasteiger partial charge in [-0.05, 0) is 36.4 Å². The van der Waals surface area contributed by atoms with Crippen LogP contribution in [0.15, 0.2) is 24.3 Å². The summed E-state index contributed by atoms with van der Waals surface area (Å²) in [6, 6.07) is 8.90. The highest BCUT2D eigenvalue weighted by Gasteiger charge is 2.36. The molecular weight excluding hydrogens is 266 g/mol. The topological polar surface area (TPSA) is 29.1 Å². The number of benzene rings is 1. The monoisotopic (exact) mass is 293 g/mol. The van der Waals surface area contributed by atoms with Crippen LogP contribution in [0.3, 0.4) is 0 Å². The van der Waals surface area contributed by atoms with Gasteiger partial charge in [0.05, 0.1) is 5.25 Å². The molecule has 0 radical (unpaired) electrons. The predicted octanol–water partition coefficient (Wildman–Crippen LogP) is 3.76. The lowest BCUT2D eigenvalue weighted by molar-refractivity contribution is 0.435. The van der Waals surface area contributed by atoms with Crippen molar-refractivity contribution in [1.29, 1.82) is 0 Å². The minimum atomic E-state index is -0.782. The molecule has 4 atom stereocenters. The number of fused-ring (bicyclic) bond motifs is 1. The Morgan fingerprint density at radius 3 is 2.55 bits per heavy atom. The van der Waals surface area contributed by atoms with Crippen LogP contribution in [-0.2, 0) is 10.8 Å². The molecule has 0 heterocycles. The number of hydrogen-bond donors (Lipinski definition) is 1. The highest BCUT2D eigenvalue weighted by Crippen LogP contribution is 2.40. The van der Waals surface area contributed by atoms with E-state index in [0.29, 0.717) is 5.92 Å². The fourth-order valence-electron chi connectivity index (χ4n) is 3.17. The molecule has 0 amide bonds. The second-order valence-corrected chi connectivity index (χ2v) is 8.32. The van der Waals surface area contributed by atoms with E-state index in [4.69, 9.17) is 0 Å². The molecule has 0 bridgehead atoms. The number of nitrogens with one attached hydrogen (secondary N) is 1. The summed E-state index contributed by atoms with van der Waals surface area (Å²) in [5.41, 5.74) is 2.79. The molecule has 0 saturated carbocycles.